The summed E-state index contributed by atoms with van der Waals surface area (Å²) in [5, 5.41) is 18.7. The lowest BCUT2D eigenvalue weighted by atomic mass is 10.2. The zero-order valence-electron chi connectivity index (χ0n) is 11.9. The highest BCUT2D eigenvalue weighted by molar-refractivity contribution is 6.79. The Hall–Kier alpha value is -0.863. The molecule has 0 bridgehead atoms. The molecule has 18 heavy (non-hydrogen) atoms. The summed E-state index contributed by atoms with van der Waals surface area (Å²) in [6.07, 6.45) is 1.26. The Morgan fingerprint density at radius 3 is 2.50 bits per heavy atom. The second kappa shape index (κ2) is 8.28. The number of hydrogen-bond donors (Lipinski definition) is 1. The van der Waals surface area contributed by atoms with Gasteiger partial charge in [0.25, 0.3) is 0 Å². The molecule has 4 nitrogen and oxygen atoms in total. The fraction of sp³-hybridized carbons (Fsp3) is 0.846. The van der Waals surface area contributed by atoms with Crippen LogP contribution in [0.2, 0.25) is 24.7 Å². The van der Waals surface area contributed by atoms with Crippen molar-refractivity contribution in [1.82, 2.24) is 0 Å². The maximum atomic E-state index is 11.6. The molecule has 0 aromatic heterocycles. The van der Waals surface area contributed by atoms with E-state index < -0.39 is 14.2 Å². The number of aliphatic hydroxyl groups excluding tert-OH is 1. The molecule has 2 unspecified atom stereocenters. The van der Waals surface area contributed by atoms with Gasteiger partial charge in [-0.2, -0.15) is 5.26 Å². The number of esters is 1. The molecule has 0 aliphatic carbocycles. The lowest BCUT2D eigenvalue weighted by molar-refractivity contribution is -0.143. The summed E-state index contributed by atoms with van der Waals surface area (Å²) in [5.74, 6) is -0.311. The molecule has 0 spiro atoms. The molecule has 5 heteroatoms. The molecule has 0 aromatic rings. The number of rotatable bonds is 8. The van der Waals surface area contributed by atoms with Crippen molar-refractivity contribution in [2.45, 2.75) is 63.9 Å². The van der Waals surface area contributed by atoms with E-state index in [1.807, 2.05) is 6.07 Å². The van der Waals surface area contributed by atoms with E-state index in [0.717, 1.165) is 18.9 Å². The number of nitriles is 1. The fourth-order valence-corrected chi connectivity index (χ4v) is 5.41. The maximum absolute atomic E-state index is 11.6. The minimum atomic E-state index is -1.80. The van der Waals surface area contributed by atoms with Crippen LogP contribution in [0, 0.1) is 11.3 Å². The van der Waals surface area contributed by atoms with Gasteiger partial charge < -0.3 is 9.84 Å². The molecular weight excluding hydrogens is 246 g/mol. The first-order valence-corrected chi connectivity index (χ1v) is 9.90. The van der Waals surface area contributed by atoms with Crippen molar-refractivity contribution in [3.05, 3.63) is 0 Å². The molecule has 0 heterocycles. The first-order chi connectivity index (χ1) is 8.38. The van der Waals surface area contributed by atoms with Crippen molar-refractivity contribution in [3.63, 3.8) is 0 Å². The van der Waals surface area contributed by atoms with Gasteiger partial charge in [-0.05, 0) is 6.92 Å². The normalized spacial score (nSPS) is 14.7. The fourth-order valence-electron chi connectivity index (χ4n) is 2.12. The first kappa shape index (κ1) is 17.1. The second-order valence-electron chi connectivity index (χ2n) is 5.28. The highest BCUT2D eigenvalue weighted by Crippen LogP contribution is 2.34. The van der Waals surface area contributed by atoms with Gasteiger partial charge in [0.2, 0.25) is 0 Å². The Morgan fingerprint density at radius 1 is 1.44 bits per heavy atom. The van der Waals surface area contributed by atoms with Crippen LogP contribution in [0.1, 0.15) is 33.1 Å². The molecule has 1 N–H and O–H groups in total. The molecule has 2 atom stereocenters. The van der Waals surface area contributed by atoms with Crippen LogP contribution in [0.15, 0.2) is 0 Å². The van der Waals surface area contributed by atoms with E-state index in [1.54, 1.807) is 6.92 Å². The number of carbonyl (C=O) groups is 1. The average Bonchev–Trinajstić information content (AvgIpc) is 2.32. The van der Waals surface area contributed by atoms with E-state index in [-0.39, 0.29) is 17.9 Å². The number of carbonyl (C=O) groups excluding carboxylic acids is 1. The quantitative estimate of drug-likeness (QED) is 0.418. The molecule has 0 saturated carbocycles. The Labute approximate surface area is 111 Å². The van der Waals surface area contributed by atoms with E-state index in [1.165, 1.54) is 0 Å². The third-order valence-corrected chi connectivity index (χ3v) is 7.55. The van der Waals surface area contributed by atoms with Crippen LogP contribution in [0.4, 0.5) is 0 Å². The molecule has 0 aromatic carbocycles. The molecule has 0 aliphatic rings. The second-order valence-corrected chi connectivity index (χ2v) is 10.5. The number of nitrogens with zero attached hydrogens (tertiary/aromatic N) is 1. The van der Waals surface area contributed by atoms with E-state index in [9.17, 15) is 9.90 Å². The molecule has 0 rings (SSSR count). The van der Waals surface area contributed by atoms with Gasteiger partial charge in [0, 0.05) is 12.0 Å². The Bertz CT molecular complexity index is 299. The SMILES string of the molecule is CCCC[Si](C)(C)C(CC(=O)OCC)C(O)C#N. The standard InChI is InChI=1S/C13H25NO3Si/c1-5-7-8-18(3,4)12(11(15)10-14)9-13(16)17-6-2/h11-12,15H,5-9H2,1-4H3. The molecule has 104 valence electrons. The van der Waals surface area contributed by atoms with E-state index in [0.29, 0.717) is 6.61 Å². The van der Waals surface area contributed by atoms with E-state index in [2.05, 4.69) is 20.0 Å². The minimum absolute atomic E-state index is 0.158. The summed E-state index contributed by atoms with van der Waals surface area (Å²) in [6, 6.07) is 2.90. The smallest absolute Gasteiger partial charge is 0.305 e. The third kappa shape index (κ3) is 5.65. The van der Waals surface area contributed by atoms with Crippen LogP contribution in [0.3, 0.4) is 0 Å². The zero-order valence-corrected chi connectivity index (χ0v) is 12.9. The van der Waals surface area contributed by atoms with Gasteiger partial charge in [-0.1, -0.05) is 38.9 Å². The Balaban J connectivity index is 4.77. The summed E-state index contributed by atoms with van der Waals surface area (Å²) < 4.78 is 4.93. The van der Waals surface area contributed by atoms with E-state index in [4.69, 9.17) is 10.00 Å². The van der Waals surface area contributed by atoms with Crippen LogP contribution in [-0.2, 0) is 9.53 Å². The zero-order chi connectivity index (χ0) is 14.2. The molecule has 0 aliphatic heterocycles. The maximum Gasteiger partial charge on any atom is 0.305 e. The van der Waals surface area contributed by atoms with Crippen molar-refractivity contribution in [3.8, 4) is 6.07 Å². The van der Waals surface area contributed by atoms with Crippen molar-refractivity contribution < 1.29 is 14.6 Å². The third-order valence-electron chi connectivity index (χ3n) is 3.38. The van der Waals surface area contributed by atoms with Gasteiger partial charge >= 0.3 is 5.97 Å². The highest BCUT2D eigenvalue weighted by Gasteiger charge is 2.38. The van der Waals surface area contributed by atoms with Gasteiger partial charge in [0.1, 0.15) is 6.10 Å². The summed E-state index contributed by atoms with van der Waals surface area (Å²) in [7, 11) is -1.80. The lowest BCUT2D eigenvalue weighted by Gasteiger charge is -2.33. The van der Waals surface area contributed by atoms with Crippen molar-refractivity contribution in [2.75, 3.05) is 6.61 Å². The largest absolute Gasteiger partial charge is 0.466 e. The number of hydrogen-bond acceptors (Lipinski definition) is 4. The topological polar surface area (TPSA) is 70.3 Å². The molecule has 0 fully saturated rings. The highest BCUT2D eigenvalue weighted by atomic mass is 28.3. The predicted molar refractivity (Wildman–Crippen MR) is 73.8 cm³/mol. The van der Waals surface area contributed by atoms with E-state index >= 15 is 0 Å². The van der Waals surface area contributed by atoms with Crippen molar-refractivity contribution in [2.24, 2.45) is 0 Å². The van der Waals surface area contributed by atoms with Crippen LogP contribution in [0.5, 0.6) is 0 Å². The van der Waals surface area contributed by atoms with Crippen LogP contribution in [0.25, 0.3) is 0 Å². The summed E-state index contributed by atoms with van der Waals surface area (Å²) in [4.78, 5) is 11.6. The lowest BCUT2D eigenvalue weighted by Crippen LogP contribution is -2.40. The number of ether oxygens (including phenoxy) is 1. The Morgan fingerprint density at radius 2 is 2.06 bits per heavy atom. The van der Waals surface area contributed by atoms with Gasteiger partial charge in [-0.15, -0.1) is 0 Å². The molecule has 0 amide bonds. The first-order valence-electron chi connectivity index (χ1n) is 6.62. The molecule has 0 radical (unpaired) electrons. The van der Waals surface area contributed by atoms with Crippen LogP contribution < -0.4 is 0 Å². The van der Waals surface area contributed by atoms with Gasteiger partial charge in [-0.25, -0.2) is 0 Å². The van der Waals surface area contributed by atoms with Crippen molar-refractivity contribution >= 4 is 14.0 Å². The average molecular weight is 271 g/mol. The van der Waals surface area contributed by atoms with Crippen LogP contribution >= 0.6 is 0 Å². The Kier molecular flexibility index (Phi) is 7.88. The summed E-state index contributed by atoms with van der Waals surface area (Å²) >= 11 is 0. The monoisotopic (exact) mass is 271 g/mol. The summed E-state index contributed by atoms with van der Waals surface area (Å²) in [5.41, 5.74) is -0.243. The predicted octanol–water partition coefficient (Wildman–Crippen LogP) is 2.70. The number of aliphatic hydroxyl groups is 1. The summed E-state index contributed by atoms with van der Waals surface area (Å²) in [6.45, 7) is 8.48. The van der Waals surface area contributed by atoms with Gasteiger partial charge in [0.15, 0.2) is 0 Å². The molecule has 0 saturated heterocycles. The van der Waals surface area contributed by atoms with Crippen molar-refractivity contribution in [1.29, 1.82) is 5.26 Å². The van der Waals surface area contributed by atoms with Crippen LogP contribution in [-0.4, -0.2) is 31.9 Å². The van der Waals surface area contributed by atoms with Gasteiger partial charge in [-0.3, -0.25) is 4.79 Å². The minimum Gasteiger partial charge on any atom is -0.466 e. The van der Waals surface area contributed by atoms with Gasteiger partial charge in [0.05, 0.1) is 20.7 Å². The number of unbranched alkanes of at least 4 members (excludes halogenated alkanes) is 1. The molecular formula is C13H25NO3Si.